The highest BCUT2D eigenvalue weighted by Crippen LogP contribution is 2.12. The summed E-state index contributed by atoms with van der Waals surface area (Å²) in [5.74, 6) is 0. The highest BCUT2D eigenvalue weighted by Gasteiger charge is 2.09. The lowest BCUT2D eigenvalue weighted by molar-refractivity contribution is 0.107. The molecule has 146 valence electrons. The molecule has 0 saturated carbocycles. The van der Waals surface area contributed by atoms with Crippen LogP contribution in [0.3, 0.4) is 0 Å². The van der Waals surface area contributed by atoms with Gasteiger partial charge in [0.15, 0.2) is 0 Å². The molecule has 0 heterocycles. The second-order valence-electron chi connectivity index (χ2n) is 6.98. The van der Waals surface area contributed by atoms with Gasteiger partial charge in [0, 0.05) is 13.1 Å². The van der Waals surface area contributed by atoms with E-state index in [1.165, 1.54) is 25.7 Å². The fourth-order valence-corrected chi connectivity index (χ4v) is 3.21. The quantitative estimate of drug-likeness (QED) is 0.396. The SMILES string of the molecule is CCN(CC)CC(O)CCCCCCCCC(O)CN(CC)CC. The first kappa shape index (κ1) is 23.8. The second-order valence-corrected chi connectivity index (χ2v) is 6.98. The average Bonchev–Trinajstić information content (AvgIpc) is 2.59. The number of aliphatic hydroxyl groups excluding tert-OH is 2. The van der Waals surface area contributed by atoms with Crippen LogP contribution in [-0.4, -0.2) is 71.5 Å². The van der Waals surface area contributed by atoms with Gasteiger partial charge in [0.05, 0.1) is 12.2 Å². The van der Waals surface area contributed by atoms with Crippen LogP contribution >= 0.6 is 0 Å². The van der Waals surface area contributed by atoms with Crippen molar-refractivity contribution >= 4 is 0 Å². The Hall–Kier alpha value is -0.160. The zero-order valence-electron chi connectivity index (χ0n) is 16.8. The van der Waals surface area contributed by atoms with E-state index >= 15 is 0 Å². The summed E-state index contributed by atoms with van der Waals surface area (Å²) in [7, 11) is 0. The Kier molecular flexibility index (Phi) is 16.2. The van der Waals surface area contributed by atoms with Gasteiger partial charge in [0.25, 0.3) is 0 Å². The van der Waals surface area contributed by atoms with E-state index in [0.717, 1.165) is 65.0 Å². The van der Waals surface area contributed by atoms with E-state index in [1.54, 1.807) is 0 Å². The number of hydrogen-bond acceptors (Lipinski definition) is 4. The molecule has 0 aliphatic rings. The molecular formula is C20H44N2O2. The van der Waals surface area contributed by atoms with E-state index in [1.807, 2.05) is 0 Å². The number of likely N-dealkylation sites (N-methyl/N-ethyl adjacent to an activating group) is 2. The van der Waals surface area contributed by atoms with E-state index in [0.29, 0.717) is 0 Å². The van der Waals surface area contributed by atoms with Crippen molar-refractivity contribution < 1.29 is 10.2 Å². The molecule has 4 heteroatoms. The minimum atomic E-state index is -0.167. The smallest absolute Gasteiger partial charge is 0.0667 e. The van der Waals surface area contributed by atoms with Gasteiger partial charge in [-0.05, 0) is 39.0 Å². The lowest BCUT2D eigenvalue weighted by Gasteiger charge is -2.22. The minimum Gasteiger partial charge on any atom is -0.392 e. The van der Waals surface area contributed by atoms with Crippen molar-refractivity contribution in [2.45, 2.75) is 91.3 Å². The van der Waals surface area contributed by atoms with Crippen LogP contribution in [0.4, 0.5) is 0 Å². The van der Waals surface area contributed by atoms with Crippen molar-refractivity contribution in [1.82, 2.24) is 9.80 Å². The summed E-state index contributed by atoms with van der Waals surface area (Å²) in [6.07, 6.45) is 8.74. The molecular weight excluding hydrogens is 300 g/mol. The number of rotatable bonds is 17. The Labute approximate surface area is 151 Å². The Bertz CT molecular complexity index is 230. The van der Waals surface area contributed by atoms with Crippen LogP contribution < -0.4 is 0 Å². The average molecular weight is 345 g/mol. The van der Waals surface area contributed by atoms with Crippen LogP contribution in [0.5, 0.6) is 0 Å². The predicted octanol–water partition coefficient (Wildman–Crippen LogP) is 3.51. The molecule has 2 N–H and O–H groups in total. The first-order valence-corrected chi connectivity index (χ1v) is 10.4. The Morgan fingerprint density at radius 1 is 0.542 bits per heavy atom. The van der Waals surface area contributed by atoms with E-state index < -0.39 is 0 Å². The number of aliphatic hydroxyl groups is 2. The number of hydrogen-bond donors (Lipinski definition) is 2. The third-order valence-electron chi connectivity index (χ3n) is 5.05. The Morgan fingerprint density at radius 2 is 0.833 bits per heavy atom. The standard InChI is InChI=1S/C20H44N2O2/c1-5-21(6-2)17-19(23)15-13-11-9-10-12-14-16-20(24)18-22(7-3)8-4/h19-20,23-24H,5-18H2,1-4H3. The van der Waals surface area contributed by atoms with Gasteiger partial charge >= 0.3 is 0 Å². The van der Waals surface area contributed by atoms with Crippen molar-refractivity contribution in [1.29, 1.82) is 0 Å². The fraction of sp³-hybridized carbons (Fsp3) is 1.00. The molecule has 0 fully saturated rings. The maximum Gasteiger partial charge on any atom is 0.0667 e. The van der Waals surface area contributed by atoms with E-state index in [-0.39, 0.29) is 12.2 Å². The summed E-state index contributed by atoms with van der Waals surface area (Å²) in [6, 6.07) is 0. The number of unbranched alkanes of at least 4 members (excludes halogenated alkanes) is 5. The van der Waals surface area contributed by atoms with E-state index in [9.17, 15) is 10.2 Å². The number of nitrogens with zero attached hydrogens (tertiary/aromatic N) is 2. The zero-order valence-corrected chi connectivity index (χ0v) is 16.8. The third-order valence-corrected chi connectivity index (χ3v) is 5.05. The van der Waals surface area contributed by atoms with Gasteiger partial charge in [-0.1, -0.05) is 66.2 Å². The highest BCUT2D eigenvalue weighted by atomic mass is 16.3. The first-order chi connectivity index (χ1) is 11.6. The van der Waals surface area contributed by atoms with Crippen molar-refractivity contribution in [3.63, 3.8) is 0 Å². The van der Waals surface area contributed by atoms with Crippen LogP contribution in [0.15, 0.2) is 0 Å². The lowest BCUT2D eigenvalue weighted by atomic mass is 10.0. The van der Waals surface area contributed by atoms with Crippen molar-refractivity contribution in [3.05, 3.63) is 0 Å². The van der Waals surface area contributed by atoms with Gasteiger partial charge in [-0.25, -0.2) is 0 Å². The predicted molar refractivity (Wildman–Crippen MR) is 105 cm³/mol. The molecule has 4 nitrogen and oxygen atoms in total. The summed E-state index contributed by atoms with van der Waals surface area (Å²) in [6.45, 7) is 14.3. The maximum atomic E-state index is 10.0. The van der Waals surface area contributed by atoms with Crippen LogP contribution in [0.1, 0.15) is 79.1 Å². The molecule has 0 aliphatic heterocycles. The van der Waals surface area contributed by atoms with Gasteiger partial charge in [-0.3, -0.25) is 0 Å². The molecule has 0 radical (unpaired) electrons. The first-order valence-electron chi connectivity index (χ1n) is 10.4. The second kappa shape index (κ2) is 16.3. The topological polar surface area (TPSA) is 46.9 Å². The highest BCUT2D eigenvalue weighted by molar-refractivity contribution is 4.64. The van der Waals surface area contributed by atoms with Gasteiger partial charge < -0.3 is 20.0 Å². The van der Waals surface area contributed by atoms with Gasteiger partial charge in [-0.2, -0.15) is 0 Å². The van der Waals surface area contributed by atoms with Gasteiger partial charge in [0.1, 0.15) is 0 Å². The molecule has 0 aromatic heterocycles. The van der Waals surface area contributed by atoms with Crippen LogP contribution in [-0.2, 0) is 0 Å². The molecule has 0 rings (SSSR count). The van der Waals surface area contributed by atoms with Crippen LogP contribution in [0, 0.1) is 0 Å². The fourth-order valence-electron chi connectivity index (χ4n) is 3.21. The molecule has 0 aromatic carbocycles. The van der Waals surface area contributed by atoms with Gasteiger partial charge in [-0.15, -0.1) is 0 Å². The zero-order chi connectivity index (χ0) is 18.2. The summed E-state index contributed by atoms with van der Waals surface area (Å²) < 4.78 is 0. The van der Waals surface area contributed by atoms with E-state index in [2.05, 4.69) is 37.5 Å². The molecule has 0 aliphatic carbocycles. The minimum absolute atomic E-state index is 0.167. The molecule has 24 heavy (non-hydrogen) atoms. The molecule has 0 amide bonds. The van der Waals surface area contributed by atoms with Crippen molar-refractivity contribution in [2.24, 2.45) is 0 Å². The third kappa shape index (κ3) is 13.2. The van der Waals surface area contributed by atoms with Crippen LogP contribution in [0.2, 0.25) is 0 Å². The van der Waals surface area contributed by atoms with Gasteiger partial charge in [0.2, 0.25) is 0 Å². The molecule has 0 spiro atoms. The summed E-state index contributed by atoms with van der Waals surface area (Å²) in [5.41, 5.74) is 0. The summed E-state index contributed by atoms with van der Waals surface area (Å²) >= 11 is 0. The molecule has 2 atom stereocenters. The van der Waals surface area contributed by atoms with Crippen molar-refractivity contribution in [3.8, 4) is 0 Å². The maximum absolute atomic E-state index is 10.0. The lowest BCUT2D eigenvalue weighted by Crippen LogP contribution is -2.32. The Morgan fingerprint density at radius 3 is 1.12 bits per heavy atom. The van der Waals surface area contributed by atoms with Crippen molar-refractivity contribution in [2.75, 3.05) is 39.3 Å². The summed E-state index contributed by atoms with van der Waals surface area (Å²) in [4.78, 5) is 4.57. The normalized spacial score (nSPS) is 14.5. The largest absolute Gasteiger partial charge is 0.392 e. The molecule has 0 aromatic rings. The molecule has 0 saturated heterocycles. The Balaban J connectivity index is 3.44. The van der Waals surface area contributed by atoms with Crippen LogP contribution in [0.25, 0.3) is 0 Å². The monoisotopic (exact) mass is 344 g/mol. The molecule has 2 unspecified atom stereocenters. The van der Waals surface area contributed by atoms with E-state index in [4.69, 9.17) is 0 Å². The summed E-state index contributed by atoms with van der Waals surface area (Å²) in [5, 5.41) is 20.0. The molecule has 0 bridgehead atoms.